The van der Waals surface area contributed by atoms with Gasteiger partial charge < -0.3 is 10.2 Å². The molecule has 0 spiro atoms. The van der Waals surface area contributed by atoms with Gasteiger partial charge in [-0.3, -0.25) is 4.79 Å². The van der Waals surface area contributed by atoms with Crippen LogP contribution in [0.25, 0.3) is 0 Å². The topological polar surface area (TPSA) is 32.3 Å². The maximum absolute atomic E-state index is 13.0. The predicted octanol–water partition coefficient (Wildman–Crippen LogP) is 1.86. The molecule has 1 amide bonds. The lowest BCUT2D eigenvalue weighted by atomic mass is 10.1. The molecule has 0 unspecified atom stereocenters. The van der Waals surface area contributed by atoms with Crippen molar-refractivity contribution in [2.24, 2.45) is 0 Å². The van der Waals surface area contributed by atoms with E-state index >= 15 is 0 Å². The summed E-state index contributed by atoms with van der Waals surface area (Å²) in [5, 5.41) is 3.15. The maximum atomic E-state index is 13.0. The van der Waals surface area contributed by atoms with Gasteiger partial charge in [-0.05, 0) is 47.7 Å². The number of benzene rings is 1. The van der Waals surface area contributed by atoms with Crippen molar-refractivity contribution in [3.8, 4) is 0 Å². The van der Waals surface area contributed by atoms with E-state index < -0.39 is 0 Å². The van der Waals surface area contributed by atoms with Gasteiger partial charge in [-0.15, -0.1) is 0 Å². The van der Waals surface area contributed by atoms with Crippen molar-refractivity contribution in [3.63, 3.8) is 0 Å². The molecule has 0 saturated carbocycles. The maximum Gasteiger partial charge on any atom is 0.255 e. The summed E-state index contributed by atoms with van der Waals surface area (Å²) in [5.41, 5.74) is 0.584. The molecule has 17 heavy (non-hydrogen) atoms. The molecule has 0 bridgehead atoms. The van der Waals surface area contributed by atoms with Crippen molar-refractivity contribution in [2.75, 3.05) is 19.6 Å². The van der Waals surface area contributed by atoms with E-state index in [9.17, 15) is 9.18 Å². The first-order chi connectivity index (χ1) is 8.13. The Morgan fingerprint density at radius 1 is 1.59 bits per heavy atom. The normalized spacial score (nSPS) is 15.5. The van der Waals surface area contributed by atoms with Gasteiger partial charge in [0.25, 0.3) is 5.91 Å². The lowest BCUT2D eigenvalue weighted by Crippen LogP contribution is -2.58. The number of carbonyl (C=O) groups excluding carboxylic acids is 1. The zero-order valence-corrected chi connectivity index (χ0v) is 11.7. The Balaban J connectivity index is 2.22. The predicted molar refractivity (Wildman–Crippen MR) is 72.5 cm³/mol. The third-order valence-electron chi connectivity index (χ3n) is 2.96. The lowest BCUT2D eigenvalue weighted by molar-refractivity contribution is 0.0629. The second-order valence-electron chi connectivity index (χ2n) is 4.03. The van der Waals surface area contributed by atoms with Crippen LogP contribution in [0, 0.1) is 9.39 Å². The van der Waals surface area contributed by atoms with Crippen LogP contribution in [-0.4, -0.2) is 36.5 Å². The summed E-state index contributed by atoms with van der Waals surface area (Å²) < 4.78 is 13.7. The van der Waals surface area contributed by atoms with Gasteiger partial charge in [0.05, 0.1) is 11.6 Å². The van der Waals surface area contributed by atoms with Crippen LogP contribution in [-0.2, 0) is 0 Å². The fourth-order valence-electron chi connectivity index (χ4n) is 1.88. The monoisotopic (exact) mass is 348 g/mol. The minimum Gasteiger partial charge on any atom is -0.333 e. The highest BCUT2D eigenvalue weighted by Crippen LogP contribution is 2.18. The van der Waals surface area contributed by atoms with E-state index in [2.05, 4.69) is 5.32 Å². The standard InChI is InChI=1S/C12H14FIN2O/c1-2-16(9-6-15-7-9)12(17)10-4-3-8(13)5-11(10)14/h3-5,9,15H,2,6-7H2,1H3. The highest BCUT2D eigenvalue weighted by atomic mass is 127. The molecule has 92 valence electrons. The highest BCUT2D eigenvalue weighted by Gasteiger charge is 2.28. The number of halogens is 2. The van der Waals surface area contributed by atoms with Gasteiger partial charge in [-0.2, -0.15) is 0 Å². The quantitative estimate of drug-likeness (QED) is 0.846. The first-order valence-corrected chi connectivity index (χ1v) is 6.68. The van der Waals surface area contributed by atoms with E-state index in [4.69, 9.17) is 0 Å². The molecule has 1 aliphatic heterocycles. The molecule has 3 nitrogen and oxygen atoms in total. The van der Waals surface area contributed by atoms with Crippen molar-refractivity contribution >= 4 is 28.5 Å². The zero-order valence-electron chi connectivity index (χ0n) is 9.54. The van der Waals surface area contributed by atoms with E-state index in [0.29, 0.717) is 15.7 Å². The van der Waals surface area contributed by atoms with Crippen LogP contribution in [0.1, 0.15) is 17.3 Å². The number of nitrogens with zero attached hydrogens (tertiary/aromatic N) is 1. The number of hydrogen-bond acceptors (Lipinski definition) is 2. The van der Waals surface area contributed by atoms with Crippen LogP contribution in [0.5, 0.6) is 0 Å². The van der Waals surface area contributed by atoms with E-state index in [1.165, 1.54) is 12.1 Å². The Bertz CT molecular complexity index is 435. The minimum absolute atomic E-state index is 0.0107. The molecular formula is C12H14FIN2O. The summed E-state index contributed by atoms with van der Waals surface area (Å²) in [6.45, 7) is 4.33. The second kappa shape index (κ2) is 5.30. The van der Waals surface area contributed by atoms with Gasteiger partial charge in [-0.1, -0.05) is 0 Å². The van der Waals surface area contributed by atoms with Gasteiger partial charge in [0, 0.05) is 23.2 Å². The highest BCUT2D eigenvalue weighted by molar-refractivity contribution is 14.1. The van der Waals surface area contributed by atoms with Crippen LogP contribution in [0.3, 0.4) is 0 Å². The van der Waals surface area contributed by atoms with Crippen molar-refractivity contribution in [1.82, 2.24) is 10.2 Å². The fraction of sp³-hybridized carbons (Fsp3) is 0.417. The van der Waals surface area contributed by atoms with Gasteiger partial charge >= 0.3 is 0 Å². The zero-order chi connectivity index (χ0) is 12.4. The summed E-state index contributed by atoms with van der Waals surface area (Å²) in [6.07, 6.45) is 0. The Hall–Kier alpha value is -0.690. The van der Waals surface area contributed by atoms with E-state index in [-0.39, 0.29) is 17.8 Å². The van der Waals surface area contributed by atoms with Crippen molar-refractivity contribution < 1.29 is 9.18 Å². The molecule has 1 heterocycles. The third-order valence-corrected chi connectivity index (χ3v) is 3.86. The van der Waals surface area contributed by atoms with Crippen LogP contribution < -0.4 is 5.32 Å². The molecule has 0 aliphatic carbocycles. The van der Waals surface area contributed by atoms with Gasteiger partial charge in [-0.25, -0.2) is 4.39 Å². The molecule has 5 heteroatoms. The first-order valence-electron chi connectivity index (χ1n) is 5.60. The Morgan fingerprint density at radius 3 is 2.76 bits per heavy atom. The number of nitrogens with one attached hydrogen (secondary N) is 1. The van der Waals surface area contributed by atoms with Crippen LogP contribution in [0.4, 0.5) is 4.39 Å². The molecule has 1 aliphatic rings. The van der Waals surface area contributed by atoms with E-state index in [1.807, 2.05) is 34.4 Å². The fourth-order valence-corrected chi connectivity index (χ4v) is 2.59. The summed E-state index contributed by atoms with van der Waals surface area (Å²) in [7, 11) is 0. The molecule has 2 rings (SSSR count). The molecule has 0 aromatic heterocycles. The molecule has 1 aromatic carbocycles. The summed E-state index contributed by atoms with van der Waals surface area (Å²) in [5.74, 6) is -0.317. The third kappa shape index (κ3) is 2.60. The second-order valence-corrected chi connectivity index (χ2v) is 5.19. The summed E-state index contributed by atoms with van der Waals surface area (Å²) in [4.78, 5) is 14.2. The van der Waals surface area contributed by atoms with Gasteiger partial charge in [0.2, 0.25) is 0 Å². The van der Waals surface area contributed by atoms with Crippen LogP contribution in [0.2, 0.25) is 0 Å². The number of rotatable bonds is 3. The average Bonchev–Trinajstić information content (AvgIpc) is 2.22. The number of likely N-dealkylation sites (N-methyl/N-ethyl adjacent to an activating group) is 1. The first kappa shape index (κ1) is 12.8. The number of carbonyl (C=O) groups is 1. The Kier molecular flexibility index (Phi) is 3.98. The Morgan fingerprint density at radius 2 is 2.29 bits per heavy atom. The van der Waals surface area contributed by atoms with Crippen molar-refractivity contribution in [2.45, 2.75) is 13.0 Å². The summed E-state index contributed by atoms with van der Waals surface area (Å²) in [6, 6.07) is 4.56. The molecule has 1 N–H and O–H groups in total. The summed E-state index contributed by atoms with van der Waals surface area (Å²) >= 11 is 2.00. The Labute approximate surface area is 114 Å². The van der Waals surface area contributed by atoms with Crippen molar-refractivity contribution in [1.29, 1.82) is 0 Å². The molecule has 0 atom stereocenters. The van der Waals surface area contributed by atoms with Gasteiger partial charge in [0.15, 0.2) is 0 Å². The van der Waals surface area contributed by atoms with Gasteiger partial charge in [0.1, 0.15) is 5.82 Å². The number of hydrogen-bond donors (Lipinski definition) is 1. The molecule has 1 saturated heterocycles. The number of amides is 1. The lowest BCUT2D eigenvalue weighted by Gasteiger charge is -2.37. The van der Waals surface area contributed by atoms with Crippen LogP contribution >= 0.6 is 22.6 Å². The molecule has 0 radical (unpaired) electrons. The molecule has 1 aromatic rings. The van der Waals surface area contributed by atoms with E-state index in [1.54, 1.807) is 6.07 Å². The SMILES string of the molecule is CCN(C(=O)c1ccc(F)cc1I)C1CNC1. The van der Waals surface area contributed by atoms with E-state index in [0.717, 1.165) is 13.1 Å². The average molecular weight is 348 g/mol. The molecular weight excluding hydrogens is 334 g/mol. The largest absolute Gasteiger partial charge is 0.333 e. The minimum atomic E-state index is -0.306. The van der Waals surface area contributed by atoms with Crippen LogP contribution in [0.15, 0.2) is 18.2 Å². The van der Waals surface area contributed by atoms with Crippen molar-refractivity contribution in [3.05, 3.63) is 33.1 Å². The smallest absolute Gasteiger partial charge is 0.255 e. The molecule has 1 fully saturated rings.